The van der Waals surface area contributed by atoms with E-state index in [0.717, 1.165) is 65.8 Å². The maximum atomic E-state index is 10.3. The van der Waals surface area contributed by atoms with E-state index >= 15 is 0 Å². The third kappa shape index (κ3) is 3.93. The monoisotopic (exact) mass is 631 g/mol. The van der Waals surface area contributed by atoms with Crippen LogP contribution in [0.15, 0.2) is 152 Å². The SMILES string of the molecule is N#Cc1ccccc1-c1cc2c3cc4c(cc3c(-c3ccccc3C#N)cc2c2ccccc12)-c1ccc(-c2ccccn2)c2cccc-4c12. The summed E-state index contributed by atoms with van der Waals surface area (Å²) in [4.78, 5) is 4.69. The fourth-order valence-electron chi connectivity index (χ4n) is 8.17. The van der Waals surface area contributed by atoms with Crippen molar-refractivity contribution >= 4 is 43.1 Å². The second kappa shape index (κ2) is 10.7. The molecule has 0 saturated heterocycles. The van der Waals surface area contributed by atoms with E-state index in [2.05, 4.69) is 103 Å². The minimum atomic E-state index is 0.642. The van der Waals surface area contributed by atoms with Gasteiger partial charge in [0.1, 0.15) is 0 Å². The van der Waals surface area contributed by atoms with Crippen LogP contribution in [-0.4, -0.2) is 4.98 Å². The molecule has 228 valence electrons. The van der Waals surface area contributed by atoms with Crippen LogP contribution in [0.25, 0.3) is 98.9 Å². The predicted molar refractivity (Wildman–Crippen MR) is 204 cm³/mol. The maximum absolute atomic E-state index is 10.3. The Kier molecular flexibility index (Phi) is 6.00. The molecular weight excluding hydrogens is 607 g/mol. The third-order valence-corrected chi connectivity index (χ3v) is 10.4. The molecule has 0 atom stereocenters. The maximum Gasteiger partial charge on any atom is 0.0998 e. The van der Waals surface area contributed by atoms with Crippen molar-refractivity contribution in [2.24, 2.45) is 0 Å². The molecule has 3 nitrogen and oxygen atoms in total. The number of benzene rings is 8. The van der Waals surface area contributed by atoms with Gasteiger partial charge in [-0.3, -0.25) is 4.98 Å². The van der Waals surface area contributed by atoms with Crippen LogP contribution in [0.5, 0.6) is 0 Å². The molecule has 0 N–H and O–H groups in total. The second-order valence-corrected chi connectivity index (χ2v) is 12.9. The van der Waals surface area contributed by atoms with Crippen LogP contribution in [0.1, 0.15) is 11.1 Å². The van der Waals surface area contributed by atoms with Gasteiger partial charge in [0.2, 0.25) is 0 Å². The molecule has 0 spiro atoms. The van der Waals surface area contributed by atoms with E-state index in [1.807, 2.05) is 60.8 Å². The molecule has 9 aromatic rings. The number of pyridine rings is 1. The van der Waals surface area contributed by atoms with Crippen LogP contribution in [-0.2, 0) is 0 Å². The fourth-order valence-corrected chi connectivity index (χ4v) is 8.17. The largest absolute Gasteiger partial charge is 0.256 e. The Bertz CT molecular complexity index is 3000. The van der Waals surface area contributed by atoms with Crippen LogP contribution in [0.3, 0.4) is 0 Å². The smallest absolute Gasteiger partial charge is 0.0998 e. The molecule has 0 bridgehead atoms. The Morgan fingerprint density at radius 3 is 1.54 bits per heavy atom. The standard InChI is InChI=1S/C47H25N3/c48-26-28-10-1-3-12-30(28)38-22-44-40(33-15-6-5-14-32(33)38)23-39(31-13-4-2-11-29(31)27-49)43-25-42-37-20-19-34(46-18-7-8-21-50-46)35-16-9-17-36(47(35)37)41(42)24-45(43)44/h1-25H. The first-order valence-electron chi connectivity index (χ1n) is 16.7. The van der Waals surface area contributed by atoms with E-state index in [9.17, 15) is 10.5 Å². The van der Waals surface area contributed by atoms with E-state index in [1.165, 1.54) is 33.0 Å². The Balaban J connectivity index is 1.37. The summed E-state index contributed by atoms with van der Waals surface area (Å²) >= 11 is 0. The summed E-state index contributed by atoms with van der Waals surface area (Å²) in [5, 5.41) is 29.4. The zero-order chi connectivity index (χ0) is 33.3. The zero-order valence-corrected chi connectivity index (χ0v) is 26.8. The highest BCUT2D eigenvalue weighted by molar-refractivity contribution is 6.27. The van der Waals surface area contributed by atoms with E-state index in [4.69, 9.17) is 4.98 Å². The average Bonchev–Trinajstić information content (AvgIpc) is 3.50. The Morgan fingerprint density at radius 2 is 0.840 bits per heavy atom. The molecule has 1 aromatic heterocycles. The van der Waals surface area contributed by atoms with Crippen molar-refractivity contribution in [1.82, 2.24) is 4.98 Å². The number of rotatable bonds is 3. The fraction of sp³-hybridized carbons (Fsp3) is 0. The van der Waals surface area contributed by atoms with Crippen molar-refractivity contribution in [3.8, 4) is 67.9 Å². The third-order valence-electron chi connectivity index (χ3n) is 10.4. The van der Waals surface area contributed by atoms with Gasteiger partial charge in [-0.15, -0.1) is 0 Å². The van der Waals surface area contributed by atoms with Crippen LogP contribution in [0.2, 0.25) is 0 Å². The quantitative estimate of drug-likeness (QED) is 0.182. The lowest BCUT2D eigenvalue weighted by molar-refractivity contribution is 1.33. The first kappa shape index (κ1) is 28.0. The number of hydrogen-bond donors (Lipinski definition) is 0. The highest BCUT2D eigenvalue weighted by atomic mass is 14.7. The molecule has 50 heavy (non-hydrogen) atoms. The lowest BCUT2D eigenvalue weighted by Crippen LogP contribution is -1.92. The van der Waals surface area contributed by atoms with Crippen molar-refractivity contribution in [1.29, 1.82) is 10.5 Å². The zero-order valence-electron chi connectivity index (χ0n) is 26.8. The molecule has 0 amide bonds. The molecule has 0 unspecified atom stereocenters. The molecule has 1 heterocycles. The van der Waals surface area contributed by atoms with Gasteiger partial charge < -0.3 is 0 Å². The summed E-state index contributed by atoms with van der Waals surface area (Å²) in [5.74, 6) is 0. The highest BCUT2D eigenvalue weighted by Gasteiger charge is 2.26. The number of nitrogens with zero attached hydrogens (tertiary/aromatic N) is 3. The van der Waals surface area contributed by atoms with Crippen LogP contribution in [0, 0.1) is 22.7 Å². The van der Waals surface area contributed by atoms with Gasteiger partial charge in [0.05, 0.1) is 29.0 Å². The first-order chi connectivity index (χ1) is 24.7. The molecular formula is C47H25N3. The van der Waals surface area contributed by atoms with Crippen LogP contribution >= 0.6 is 0 Å². The van der Waals surface area contributed by atoms with Crippen molar-refractivity contribution in [2.45, 2.75) is 0 Å². The normalized spacial score (nSPS) is 11.6. The van der Waals surface area contributed by atoms with Crippen LogP contribution in [0.4, 0.5) is 0 Å². The topological polar surface area (TPSA) is 60.5 Å². The molecule has 0 aliphatic heterocycles. The Morgan fingerprint density at radius 1 is 0.340 bits per heavy atom. The van der Waals surface area contributed by atoms with Gasteiger partial charge in [0.25, 0.3) is 0 Å². The lowest BCUT2D eigenvalue weighted by atomic mass is 9.85. The molecule has 0 fully saturated rings. The van der Waals surface area contributed by atoms with Crippen molar-refractivity contribution < 1.29 is 0 Å². The molecule has 1 aliphatic rings. The predicted octanol–water partition coefficient (Wildman–Crippen LogP) is 12.1. The van der Waals surface area contributed by atoms with E-state index in [1.54, 1.807) is 0 Å². The summed E-state index contributed by atoms with van der Waals surface area (Å²) in [6.07, 6.45) is 1.85. The summed E-state index contributed by atoms with van der Waals surface area (Å²) in [5.41, 5.74) is 12.0. The van der Waals surface area contributed by atoms with Gasteiger partial charge in [-0.25, -0.2) is 0 Å². The van der Waals surface area contributed by atoms with Crippen molar-refractivity contribution in [3.63, 3.8) is 0 Å². The summed E-state index contributed by atoms with van der Waals surface area (Å²) in [6, 6.07) is 55.4. The number of hydrogen-bond acceptors (Lipinski definition) is 3. The molecule has 0 radical (unpaired) electrons. The van der Waals surface area contributed by atoms with Crippen LogP contribution < -0.4 is 0 Å². The summed E-state index contributed by atoms with van der Waals surface area (Å²) < 4.78 is 0. The number of fused-ring (bicyclic) bond motifs is 8. The average molecular weight is 632 g/mol. The number of aromatic nitrogens is 1. The van der Waals surface area contributed by atoms with Gasteiger partial charge in [-0.1, -0.05) is 97.1 Å². The van der Waals surface area contributed by atoms with Gasteiger partial charge in [0, 0.05) is 22.9 Å². The summed E-state index contributed by atoms with van der Waals surface area (Å²) in [6.45, 7) is 0. The second-order valence-electron chi connectivity index (χ2n) is 12.9. The Labute approximate surface area is 288 Å². The molecule has 8 aromatic carbocycles. The van der Waals surface area contributed by atoms with Gasteiger partial charge >= 0.3 is 0 Å². The van der Waals surface area contributed by atoms with Crippen molar-refractivity contribution in [3.05, 3.63) is 163 Å². The highest BCUT2D eigenvalue weighted by Crippen LogP contribution is 2.52. The van der Waals surface area contributed by atoms with E-state index < -0.39 is 0 Å². The number of nitriles is 2. The minimum absolute atomic E-state index is 0.642. The van der Waals surface area contributed by atoms with Gasteiger partial charge in [-0.2, -0.15) is 10.5 Å². The Hall–Kier alpha value is -7.07. The first-order valence-corrected chi connectivity index (χ1v) is 16.7. The van der Waals surface area contributed by atoms with Gasteiger partial charge in [0.15, 0.2) is 0 Å². The molecule has 1 aliphatic carbocycles. The molecule has 10 rings (SSSR count). The van der Waals surface area contributed by atoms with Gasteiger partial charge in [-0.05, 0) is 125 Å². The van der Waals surface area contributed by atoms with E-state index in [-0.39, 0.29) is 0 Å². The van der Waals surface area contributed by atoms with E-state index in [0.29, 0.717) is 11.1 Å². The lowest BCUT2D eigenvalue weighted by Gasteiger charge is -2.18. The molecule has 3 heteroatoms. The molecule has 0 saturated carbocycles. The van der Waals surface area contributed by atoms with Crippen molar-refractivity contribution in [2.75, 3.05) is 0 Å². The minimum Gasteiger partial charge on any atom is -0.256 e. The summed E-state index contributed by atoms with van der Waals surface area (Å²) in [7, 11) is 0.